The van der Waals surface area contributed by atoms with Gasteiger partial charge in [0.2, 0.25) is 9.84 Å². The van der Waals surface area contributed by atoms with E-state index in [4.69, 9.17) is 14.7 Å². The standard InChI is InChI=1S/C29H32N8O4S/c1-19-18-41-15-14-37(19)25-16-24(29(11-5-12-29)42(39,40)26-6-3-4-13-30-26)34-27(35-25)21-7-9-22(10-8-21)32-28(38)33-23-17-31-36-20(23)2/h3-4,6-10,13,16-17,19H,5,11-12,14-15,18H2,1-2H3,(H,31,36)(H2,32,33,38)/t19-/m0/s1. The third-order valence-corrected chi connectivity index (χ3v) is 10.3. The second kappa shape index (κ2) is 11.1. The molecule has 4 aromatic rings. The maximum atomic E-state index is 14.0. The SMILES string of the molecule is Cc1[nH]ncc1NC(=O)Nc1ccc(-c2nc(N3CCOC[C@@H]3C)cc(C3(S(=O)(=O)c4ccccn4)CCC3)n2)cc1. The highest BCUT2D eigenvalue weighted by Crippen LogP contribution is 2.50. The Hall–Kier alpha value is -4.36. The molecular weight excluding hydrogens is 556 g/mol. The summed E-state index contributed by atoms with van der Waals surface area (Å²) in [7, 11) is -3.83. The van der Waals surface area contributed by atoms with Crippen molar-refractivity contribution in [2.45, 2.75) is 48.9 Å². The lowest BCUT2D eigenvalue weighted by Crippen LogP contribution is -2.46. The molecule has 2 fully saturated rings. The van der Waals surface area contributed by atoms with Crippen molar-refractivity contribution < 1.29 is 17.9 Å². The fourth-order valence-corrected chi connectivity index (χ4v) is 7.41. The van der Waals surface area contributed by atoms with Crippen LogP contribution in [0.25, 0.3) is 11.4 Å². The van der Waals surface area contributed by atoms with E-state index >= 15 is 0 Å². The number of aryl methyl sites for hydroxylation is 1. The summed E-state index contributed by atoms with van der Waals surface area (Å²) in [6.45, 7) is 5.60. The van der Waals surface area contributed by atoms with Gasteiger partial charge >= 0.3 is 6.03 Å². The monoisotopic (exact) mass is 588 g/mol. The summed E-state index contributed by atoms with van der Waals surface area (Å²) in [4.78, 5) is 28.6. The second-order valence-electron chi connectivity index (χ2n) is 10.6. The molecule has 4 heterocycles. The number of H-pyrrole nitrogens is 1. The molecule has 12 nitrogen and oxygen atoms in total. The molecule has 1 aliphatic carbocycles. The van der Waals surface area contributed by atoms with E-state index in [2.05, 4.69) is 37.6 Å². The van der Waals surface area contributed by atoms with Crippen molar-refractivity contribution in [3.8, 4) is 11.4 Å². The van der Waals surface area contributed by atoms with Crippen molar-refractivity contribution in [2.24, 2.45) is 0 Å². The normalized spacial score (nSPS) is 18.2. The second-order valence-corrected chi connectivity index (χ2v) is 12.8. The molecule has 2 amide bonds. The first-order valence-corrected chi connectivity index (χ1v) is 15.3. The number of carbonyl (C=O) groups excluding carboxylic acids is 1. The molecule has 218 valence electrons. The third-order valence-electron chi connectivity index (χ3n) is 7.91. The minimum atomic E-state index is -3.83. The van der Waals surface area contributed by atoms with Gasteiger partial charge < -0.3 is 20.3 Å². The smallest absolute Gasteiger partial charge is 0.323 e. The first-order valence-electron chi connectivity index (χ1n) is 13.8. The van der Waals surface area contributed by atoms with E-state index in [0.717, 1.165) is 12.1 Å². The largest absolute Gasteiger partial charge is 0.377 e. The first-order chi connectivity index (χ1) is 20.3. The molecule has 0 spiro atoms. The van der Waals surface area contributed by atoms with Gasteiger partial charge in [-0.25, -0.2) is 28.2 Å². The number of rotatable bonds is 7. The highest BCUT2D eigenvalue weighted by Gasteiger charge is 2.53. The molecule has 42 heavy (non-hydrogen) atoms. The number of aromatic nitrogens is 5. The van der Waals surface area contributed by atoms with Crippen LogP contribution in [0.2, 0.25) is 0 Å². The van der Waals surface area contributed by atoms with Crippen LogP contribution in [0.1, 0.15) is 37.6 Å². The maximum absolute atomic E-state index is 14.0. The lowest BCUT2D eigenvalue weighted by atomic mass is 9.81. The van der Waals surface area contributed by atoms with Crippen LogP contribution in [0.5, 0.6) is 0 Å². The highest BCUT2D eigenvalue weighted by molar-refractivity contribution is 7.92. The number of amides is 2. The molecule has 1 aliphatic heterocycles. The zero-order valence-corrected chi connectivity index (χ0v) is 24.2. The van der Waals surface area contributed by atoms with Crippen molar-refractivity contribution in [1.82, 2.24) is 25.1 Å². The van der Waals surface area contributed by atoms with Gasteiger partial charge in [0.25, 0.3) is 0 Å². The lowest BCUT2D eigenvalue weighted by Gasteiger charge is -2.41. The van der Waals surface area contributed by atoms with Crippen molar-refractivity contribution in [3.05, 3.63) is 72.3 Å². The van der Waals surface area contributed by atoms with Gasteiger partial charge in [-0.1, -0.05) is 6.07 Å². The molecule has 3 aromatic heterocycles. The molecule has 0 unspecified atom stereocenters. The van der Waals surface area contributed by atoms with Gasteiger partial charge in [0.1, 0.15) is 10.6 Å². The van der Waals surface area contributed by atoms with Crippen LogP contribution in [0.4, 0.5) is 22.0 Å². The van der Waals surface area contributed by atoms with Crippen LogP contribution in [-0.4, -0.2) is 65.4 Å². The Bertz CT molecular complexity index is 1690. The van der Waals surface area contributed by atoms with Crippen LogP contribution >= 0.6 is 0 Å². The number of benzene rings is 1. The Morgan fingerprint density at radius 2 is 1.93 bits per heavy atom. The van der Waals surface area contributed by atoms with E-state index < -0.39 is 20.6 Å². The van der Waals surface area contributed by atoms with Crippen LogP contribution < -0.4 is 15.5 Å². The number of anilines is 3. The number of morpholine rings is 1. The summed E-state index contributed by atoms with van der Waals surface area (Å²) in [6, 6.07) is 13.5. The number of hydrogen-bond acceptors (Lipinski definition) is 9. The van der Waals surface area contributed by atoms with Crippen molar-refractivity contribution in [3.63, 3.8) is 0 Å². The number of urea groups is 1. The van der Waals surface area contributed by atoms with Gasteiger partial charge in [-0.15, -0.1) is 0 Å². The maximum Gasteiger partial charge on any atom is 0.323 e. The Labute approximate surface area is 243 Å². The molecule has 1 atom stereocenters. The Balaban J connectivity index is 1.35. The van der Waals surface area contributed by atoms with Gasteiger partial charge in [0.05, 0.1) is 42.5 Å². The molecule has 1 aromatic carbocycles. The summed E-state index contributed by atoms with van der Waals surface area (Å²) >= 11 is 0. The summed E-state index contributed by atoms with van der Waals surface area (Å²) in [6.07, 6.45) is 4.72. The number of hydrogen-bond donors (Lipinski definition) is 3. The lowest BCUT2D eigenvalue weighted by molar-refractivity contribution is 0.0985. The molecule has 0 bridgehead atoms. The number of carbonyl (C=O) groups is 1. The molecular formula is C29H32N8O4S. The van der Waals surface area contributed by atoms with E-state index in [9.17, 15) is 13.2 Å². The molecule has 6 rings (SSSR count). The molecule has 1 saturated heterocycles. The van der Waals surface area contributed by atoms with Crippen LogP contribution in [0, 0.1) is 6.92 Å². The third kappa shape index (κ3) is 5.09. The van der Waals surface area contributed by atoms with E-state index in [-0.39, 0.29) is 11.1 Å². The number of nitrogens with one attached hydrogen (secondary N) is 3. The summed E-state index contributed by atoms with van der Waals surface area (Å²) in [5, 5.41) is 12.3. The van der Waals surface area contributed by atoms with Gasteiger partial charge in [-0.05, 0) is 69.5 Å². The number of ether oxygens (including phenoxy) is 1. The molecule has 1 saturated carbocycles. The molecule has 2 aliphatic rings. The average molecular weight is 589 g/mol. The summed E-state index contributed by atoms with van der Waals surface area (Å²) in [5.74, 6) is 1.07. The van der Waals surface area contributed by atoms with E-state index in [1.54, 1.807) is 24.3 Å². The van der Waals surface area contributed by atoms with Gasteiger partial charge in [0.15, 0.2) is 10.9 Å². The molecule has 13 heteroatoms. The predicted octanol–water partition coefficient (Wildman–Crippen LogP) is 4.29. The first kappa shape index (κ1) is 27.8. The van der Waals surface area contributed by atoms with E-state index in [1.165, 1.54) is 18.5 Å². The van der Waals surface area contributed by atoms with Crippen molar-refractivity contribution in [2.75, 3.05) is 35.3 Å². The number of aromatic amines is 1. The van der Waals surface area contributed by atoms with Crippen LogP contribution in [0.3, 0.4) is 0 Å². The molecule has 0 radical (unpaired) electrons. The minimum Gasteiger partial charge on any atom is -0.377 e. The Morgan fingerprint density at radius 3 is 2.57 bits per heavy atom. The van der Waals surface area contributed by atoms with Crippen LogP contribution in [0.15, 0.2) is 66.0 Å². The van der Waals surface area contributed by atoms with Crippen LogP contribution in [-0.2, 0) is 19.3 Å². The Morgan fingerprint density at radius 1 is 1.12 bits per heavy atom. The number of pyridine rings is 1. The highest BCUT2D eigenvalue weighted by atomic mass is 32.2. The zero-order valence-electron chi connectivity index (χ0n) is 23.4. The van der Waals surface area contributed by atoms with Gasteiger partial charge in [-0.3, -0.25) is 5.10 Å². The van der Waals surface area contributed by atoms with E-state index in [1.807, 2.05) is 25.1 Å². The average Bonchev–Trinajstić information content (AvgIpc) is 3.37. The fraction of sp³-hybridized carbons (Fsp3) is 0.345. The zero-order chi connectivity index (χ0) is 29.3. The minimum absolute atomic E-state index is 0.0467. The topological polar surface area (TPSA) is 155 Å². The predicted molar refractivity (Wildman–Crippen MR) is 158 cm³/mol. The van der Waals surface area contributed by atoms with Crippen molar-refractivity contribution in [1.29, 1.82) is 0 Å². The quantitative estimate of drug-likeness (QED) is 0.287. The van der Waals surface area contributed by atoms with Gasteiger partial charge in [-0.2, -0.15) is 5.10 Å². The summed E-state index contributed by atoms with van der Waals surface area (Å²) in [5.41, 5.74) is 3.07. The number of sulfone groups is 1. The van der Waals surface area contributed by atoms with E-state index in [0.29, 0.717) is 66.9 Å². The molecule has 3 N–H and O–H groups in total. The number of nitrogens with zero attached hydrogens (tertiary/aromatic N) is 5. The van der Waals surface area contributed by atoms with Gasteiger partial charge in [0, 0.05) is 30.1 Å². The Kier molecular flexibility index (Phi) is 7.37. The summed E-state index contributed by atoms with van der Waals surface area (Å²) < 4.78 is 32.5. The fourth-order valence-electron chi connectivity index (χ4n) is 5.34. The van der Waals surface area contributed by atoms with Crippen molar-refractivity contribution >= 4 is 33.1 Å².